The van der Waals surface area contributed by atoms with Gasteiger partial charge in [0.15, 0.2) is 0 Å². The fraction of sp³-hybridized carbons (Fsp3) is 0.478. The molecule has 1 atom stereocenters. The Labute approximate surface area is 204 Å². The lowest BCUT2D eigenvalue weighted by Gasteiger charge is -2.54. The zero-order valence-corrected chi connectivity index (χ0v) is 21.2. The molecule has 11 heteroatoms. The number of pyridine rings is 1. The number of amides is 1. The summed E-state index contributed by atoms with van der Waals surface area (Å²) in [6, 6.07) is 8.57. The normalized spacial score (nSPS) is 19.1. The fourth-order valence-electron chi connectivity index (χ4n) is 4.36. The van der Waals surface area contributed by atoms with Gasteiger partial charge in [-0.2, -0.15) is 8.42 Å². The highest BCUT2D eigenvalue weighted by atomic mass is 35.5. The van der Waals surface area contributed by atoms with Gasteiger partial charge in [-0.15, -0.1) is 0 Å². The van der Waals surface area contributed by atoms with E-state index in [2.05, 4.69) is 5.32 Å². The van der Waals surface area contributed by atoms with Gasteiger partial charge in [-0.05, 0) is 29.2 Å². The molecule has 0 saturated carbocycles. The van der Waals surface area contributed by atoms with Crippen LogP contribution in [0.25, 0.3) is 0 Å². The summed E-state index contributed by atoms with van der Waals surface area (Å²) in [7, 11) is -4.02. The summed E-state index contributed by atoms with van der Waals surface area (Å²) >= 11 is 5.93. The van der Waals surface area contributed by atoms with Crippen LogP contribution in [0.15, 0.2) is 41.3 Å². The molecule has 1 aromatic carbocycles. The summed E-state index contributed by atoms with van der Waals surface area (Å²) < 4.78 is 30.6. The van der Waals surface area contributed by atoms with Gasteiger partial charge in [-0.1, -0.05) is 44.5 Å². The van der Waals surface area contributed by atoms with Crippen molar-refractivity contribution < 1.29 is 22.5 Å². The quantitative estimate of drug-likeness (QED) is 0.572. The van der Waals surface area contributed by atoms with Crippen molar-refractivity contribution in [1.29, 1.82) is 0 Å². The highest BCUT2D eigenvalue weighted by molar-refractivity contribution is 7.86. The summed E-state index contributed by atoms with van der Waals surface area (Å²) in [5.74, 6) is -0.321. The zero-order chi connectivity index (χ0) is 25.3. The monoisotopic (exact) mass is 511 g/mol. The Balaban J connectivity index is 2.12. The maximum Gasteiger partial charge on any atom is 0.407 e. The molecule has 0 radical (unpaired) electrons. The van der Waals surface area contributed by atoms with Gasteiger partial charge in [0.25, 0.3) is 5.56 Å². The number of carbonyl (C=O) groups is 1. The van der Waals surface area contributed by atoms with E-state index in [1.807, 2.05) is 20.8 Å². The predicted octanol–water partition coefficient (Wildman–Crippen LogP) is 2.80. The maximum absolute atomic E-state index is 13.4. The molecule has 2 heterocycles. The highest BCUT2D eigenvalue weighted by Gasteiger charge is 2.50. The van der Waals surface area contributed by atoms with Gasteiger partial charge in [-0.25, -0.2) is 4.79 Å². The molecule has 1 amide bonds. The predicted molar refractivity (Wildman–Crippen MR) is 130 cm³/mol. The van der Waals surface area contributed by atoms with Crippen molar-refractivity contribution in [3.8, 4) is 5.75 Å². The molecular formula is C23H30ClN3O6S. The van der Waals surface area contributed by atoms with Gasteiger partial charge in [0, 0.05) is 42.8 Å². The van der Waals surface area contributed by atoms with E-state index in [9.17, 15) is 23.1 Å². The minimum absolute atomic E-state index is 0.0949. The summed E-state index contributed by atoms with van der Waals surface area (Å²) in [6.07, 6.45) is 1.47. The van der Waals surface area contributed by atoms with Crippen molar-refractivity contribution in [2.24, 2.45) is 5.41 Å². The summed E-state index contributed by atoms with van der Waals surface area (Å²) in [4.78, 5) is 26.9. The molecule has 2 N–H and O–H groups in total. The molecular weight excluding hydrogens is 482 g/mol. The molecule has 2 aromatic rings. The lowest BCUT2D eigenvalue weighted by molar-refractivity contribution is -0.0143. The van der Waals surface area contributed by atoms with Crippen LogP contribution in [-0.4, -0.2) is 60.5 Å². The molecule has 3 rings (SSSR count). The fourth-order valence-corrected chi connectivity index (χ4v) is 4.97. The third kappa shape index (κ3) is 5.56. The van der Waals surface area contributed by atoms with Crippen LogP contribution < -0.4 is 15.1 Å². The first kappa shape index (κ1) is 26.1. The van der Waals surface area contributed by atoms with Crippen molar-refractivity contribution in [3.63, 3.8) is 0 Å². The molecule has 1 aliphatic heterocycles. The second-order valence-corrected chi connectivity index (χ2v) is 11.6. The average Bonchev–Trinajstić information content (AvgIpc) is 2.73. The highest BCUT2D eigenvalue weighted by Crippen LogP contribution is 2.41. The molecule has 34 heavy (non-hydrogen) atoms. The first-order chi connectivity index (χ1) is 15.7. The first-order valence-corrected chi connectivity index (χ1v) is 13.0. The number of hydrogen-bond acceptors (Lipinski definition) is 6. The molecule has 9 nitrogen and oxygen atoms in total. The third-order valence-corrected chi connectivity index (χ3v) is 6.98. The molecule has 1 fully saturated rings. The van der Waals surface area contributed by atoms with Crippen molar-refractivity contribution >= 4 is 27.8 Å². The smallest absolute Gasteiger partial charge is 0.407 e. The third-order valence-electron chi connectivity index (χ3n) is 6.26. The first-order valence-electron chi connectivity index (χ1n) is 10.8. The van der Waals surface area contributed by atoms with E-state index in [1.54, 1.807) is 36.5 Å². The maximum atomic E-state index is 13.4. The molecule has 1 aromatic heterocycles. The van der Waals surface area contributed by atoms with Crippen LogP contribution in [-0.2, 0) is 23.1 Å². The number of nitrogens with one attached hydrogen (secondary N) is 1. The average molecular weight is 512 g/mol. The Morgan fingerprint density at radius 2 is 1.88 bits per heavy atom. The Kier molecular flexibility index (Phi) is 7.35. The molecule has 1 saturated heterocycles. The van der Waals surface area contributed by atoms with Gasteiger partial charge in [0.1, 0.15) is 0 Å². The summed E-state index contributed by atoms with van der Waals surface area (Å²) in [6.45, 7) is 7.07. The number of carboxylic acid groups (broad SMARTS) is 1. The van der Waals surface area contributed by atoms with Crippen LogP contribution in [0.5, 0.6) is 5.75 Å². The number of aromatic nitrogens is 1. The van der Waals surface area contributed by atoms with Gasteiger partial charge in [0.2, 0.25) is 5.75 Å². The van der Waals surface area contributed by atoms with Crippen LogP contribution in [0.1, 0.15) is 31.9 Å². The van der Waals surface area contributed by atoms with E-state index in [0.29, 0.717) is 23.7 Å². The van der Waals surface area contributed by atoms with Crippen molar-refractivity contribution in [3.05, 3.63) is 63.0 Å². The molecule has 1 aliphatic rings. The van der Waals surface area contributed by atoms with E-state index in [4.69, 9.17) is 15.8 Å². The van der Waals surface area contributed by atoms with E-state index in [1.165, 1.54) is 9.47 Å². The van der Waals surface area contributed by atoms with Crippen LogP contribution in [0.2, 0.25) is 5.02 Å². The topological polar surface area (TPSA) is 118 Å². The zero-order valence-electron chi connectivity index (χ0n) is 19.7. The molecule has 0 bridgehead atoms. The molecule has 0 spiro atoms. The number of hydrogen-bond donors (Lipinski definition) is 2. The van der Waals surface area contributed by atoms with E-state index in [0.717, 1.165) is 11.8 Å². The van der Waals surface area contributed by atoms with Gasteiger partial charge in [0.05, 0.1) is 18.3 Å². The van der Waals surface area contributed by atoms with E-state index >= 15 is 0 Å². The van der Waals surface area contributed by atoms with Crippen LogP contribution in [0.3, 0.4) is 0 Å². The van der Waals surface area contributed by atoms with E-state index in [-0.39, 0.29) is 25.3 Å². The minimum atomic E-state index is -4.02. The Morgan fingerprint density at radius 3 is 2.44 bits per heavy atom. The van der Waals surface area contributed by atoms with Gasteiger partial charge < -0.3 is 19.2 Å². The van der Waals surface area contributed by atoms with Crippen molar-refractivity contribution in [1.82, 2.24) is 14.8 Å². The lowest BCUT2D eigenvalue weighted by Crippen LogP contribution is -2.69. The lowest BCUT2D eigenvalue weighted by atomic mass is 9.68. The van der Waals surface area contributed by atoms with Gasteiger partial charge >= 0.3 is 16.2 Å². The summed E-state index contributed by atoms with van der Waals surface area (Å²) in [5.41, 5.74) is -0.981. The van der Waals surface area contributed by atoms with Gasteiger partial charge in [-0.3, -0.25) is 9.69 Å². The Bertz CT molecular complexity index is 1220. The Morgan fingerprint density at radius 1 is 1.24 bits per heavy atom. The Hall–Kier alpha value is -2.56. The number of piperazine rings is 1. The summed E-state index contributed by atoms with van der Waals surface area (Å²) in [5, 5.41) is 13.8. The molecule has 0 aliphatic carbocycles. The molecule has 1 unspecified atom stereocenters. The van der Waals surface area contributed by atoms with Crippen molar-refractivity contribution in [2.45, 2.75) is 39.3 Å². The van der Waals surface area contributed by atoms with E-state index < -0.39 is 32.7 Å². The largest absolute Gasteiger partial charge is 0.465 e. The minimum Gasteiger partial charge on any atom is -0.465 e. The number of benzene rings is 1. The van der Waals surface area contributed by atoms with Crippen LogP contribution >= 0.6 is 11.6 Å². The van der Waals surface area contributed by atoms with Crippen LogP contribution in [0, 0.1) is 5.41 Å². The number of rotatable bonds is 6. The number of halogens is 1. The molecule has 186 valence electrons. The van der Waals surface area contributed by atoms with Crippen molar-refractivity contribution in [2.75, 3.05) is 25.9 Å². The number of nitrogens with zero attached hydrogens (tertiary/aromatic N) is 2. The van der Waals surface area contributed by atoms with Crippen LogP contribution in [0.4, 0.5) is 4.79 Å². The standard InChI is InChI=1S/C23H30ClN3O6S/c1-22(2,3)23(15-25-10-12-27(23)21(29)30)13-17-9-11-26(14-16-5-7-18(24)8-6-16)20(28)19(17)33-34(4,31)32/h5-9,11,25H,10,12-15H2,1-4H3,(H,29,30). The SMILES string of the molecule is CC(C)(C)C1(Cc2ccn(Cc3ccc(Cl)cc3)c(=O)c2OS(C)(=O)=O)CNCCN1C(=O)O. The second kappa shape index (κ2) is 9.59. The second-order valence-electron chi connectivity index (χ2n) is 9.59.